The first-order valence-corrected chi connectivity index (χ1v) is 5.14. The summed E-state index contributed by atoms with van der Waals surface area (Å²) in [5.74, 6) is 0.124. The molecule has 2 rings (SSSR count). The van der Waals surface area contributed by atoms with E-state index in [0.717, 1.165) is 5.52 Å². The largest absolute Gasteiger partial charge is 0.441 e. The quantitative estimate of drug-likeness (QED) is 0.714. The topological polar surface area (TPSA) is 101 Å². The van der Waals surface area contributed by atoms with Gasteiger partial charge in [-0.3, -0.25) is 4.79 Å². The fourth-order valence-electron chi connectivity index (χ4n) is 1.44. The normalized spacial score (nSPS) is 12.6. The lowest BCUT2D eigenvalue weighted by molar-refractivity contribution is -0.118. The van der Waals surface area contributed by atoms with Gasteiger partial charge in [0.1, 0.15) is 11.6 Å². The molecule has 0 aliphatic rings. The molecule has 1 unspecified atom stereocenters. The Kier molecular flexibility index (Phi) is 3.08. The highest BCUT2D eigenvalue weighted by molar-refractivity contribution is 5.96. The van der Waals surface area contributed by atoms with E-state index < -0.39 is 18.6 Å². The van der Waals surface area contributed by atoms with Gasteiger partial charge < -0.3 is 20.6 Å². The summed E-state index contributed by atoms with van der Waals surface area (Å²) >= 11 is 0. The molecule has 0 radical (unpaired) electrons. The second-order valence-corrected chi connectivity index (χ2v) is 3.69. The average molecular weight is 235 g/mol. The number of carbonyl (C=O) groups excluding carboxylic acids is 1. The molecule has 17 heavy (non-hydrogen) atoms. The molecule has 0 aliphatic carbocycles. The van der Waals surface area contributed by atoms with Crippen molar-refractivity contribution in [2.75, 3.05) is 11.9 Å². The molecule has 0 bridgehead atoms. The summed E-state index contributed by atoms with van der Waals surface area (Å²) in [6.45, 7) is 1.36. The Morgan fingerprint density at radius 3 is 3.12 bits per heavy atom. The number of aryl methyl sites for hydroxylation is 1. The number of hydrogen-bond acceptors (Lipinski definition) is 5. The minimum absolute atomic E-state index is 0.393. The zero-order valence-corrected chi connectivity index (χ0v) is 9.30. The van der Waals surface area contributed by atoms with Gasteiger partial charge in [0.2, 0.25) is 5.91 Å². The highest BCUT2D eigenvalue weighted by Gasteiger charge is 2.12. The van der Waals surface area contributed by atoms with E-state index in [1.807, 2.05) is 0 Å². The second-order valence-electron chi connectivity index (χ2n) is 3.69. The number of hydrogen-bond donors (Lipinski definition) is 3. The third-order valence-corrected chi connectivity index (χ3v) is 2.30. The van der Waals surface area contributed by atoms with Gasteiger partial charge in [-0.1, -0.05) is 0 Å². The number of nitrogens with two attached hydrogens (primary N) is 1. The highest BCUT2D eigenvalue weighted by atomic mass is 16.3. The molecule has 1 amide bonds. The van der Waals surface area contributed by atoms with Gasteiger partial charge in [0.25, 0.3) is 0 Å². The number of aromatic nitrogens is 1. The van der Waals surface area contributed by atoms with Crippen LogP contribution in [0.2, 0.25) is 0 Å². The Hall–Kier alpha value is -1.92. The van der Waals surface area contributed by atoms with Crippen LogP contribution in [-0.4, -0.2) is 28.6 Å². The number of nitrogens with zero attached hydrogens (tertiary/aromatic N) is 1. The Morgan fingerprint density at radius 1 is 1.65 bits per heavy atom. The van der Waals surface area contributed by atoms with Crippen LogP contribution < -0.4 is 11.1 Å². The van der Waals surface area contributed by atoms with Crippen LogP contribution in [-0.2, 0) is 4.79 Å². The summed E-state index contributed by atoms with van der Waals surface area (Å²) in [4.78, 5) is 15.6. The van der Waals surface area contributed by atoms with Crippen molar-refractivity contribution in [3.05, 3.63) is 24.1 Å². The monoisotopic (exact) mass is 235 g/mol. The zero-order valence-electron chi connectivity index (χ0n) is 9.30. The van der Waals surface area contributed by atoms with Gasteiger partial charge in [-0.2, -0.15) is 0 Å². The third-order valence-electron chi connectivity index (χ3n) is 2.30. The minimum atomic E-state index is -0.929. The Labute approximate surface area is 97.4 Å². The molecule has 1 heterocycles. The smallest absolute Gasteiger partial charge is 0.243 e. The first-order chi connectivity index (χ1) is 8.10. The summed E-state index contributed by atoms with van der Waals surface area (Å²) in [5, 5.41) is 11.3. The molecule has 1 aromatic heterocycles. The van der Waals surface area contributed by atoms with E-state index in [9.17, 15) is 4.79 Å². The fraction of sp³-hybridized carbons (Fsp3) is 0.273. The number of benzene rings is 1. The van der Waals surface area contributed by atoms with Crippen LogP contribution in [0.5, 0.6) is 0 Å². The molecule has 4 N–H and O–H groups in total. The first kappa shape index (κ1) is 11.6. The van der Waals surface area contributed by atoms with E-state index in [1.54, 1.807) is 25.1 Å². The van der Waals surface area contributed by atoms with Gasteiger partial charge in [0, 0.05) is 18.7 Å². The van der Waals surface area contributed by atoms with Crippen molar-refractivity contribution in [3.63, 3.8) is 0 Å². The van der Waals surface area contributed by atoms with Crippen molar-refractivity contribution < 1.29 is 14.3 Å². The molecular weight excluding hydrogens is 222 g/mol. The van der Waals surface area contributed by atoms with Gasteiger partial charge in [-0.15, -0.1) is 0 Å². The van der Waals surface area contributed by atoms with Crippen LogP contribution in [0, 0.1) is 6.92 Å². The number of carbonyl (C=O) groups is 1. The van der Waals surface area contributed by atoms with Crippen LogP contribution in [0.3, 0.4) is 0 Å². The summed E-state index contributed by atoms with van der Waals surface area (Å²) in [6.07, 6.45) is 0. The van der Waals surface area contributed by atoms with E-state index in [1.165, 1.54) is 0 Å². The molecule has 0 fully saturated rings. The number of aliphatic hydroxyl groups is 1. The van der Waals surface area contributed by atoms with Crippen molar-refractivity contribution in [1.82, 2.24) is 4.98 Å². The maximum absolute atomic E-state index is 11.4. The van der Waals surface area contributed by atoms with Crippen molar-refractivity contribution in [3.8, 4) is 0 Å². The number of fused-ring (bicyclic) bond motifs is 1. The standard InChI is InChI=1S/C11H13N3O3/c1-6-13-9-3-2-7(4-10(9)17-6)14-11(16)8(12)5-15/h2-4,8,15H,5,12H2,1H3,(H,14,16). The molecule has 2 aromatic rings. The van der Waals surface area contributed by atoms with E-state index in [-0.39, 0.29) is 0 Å². The van der Waals surface area contributed by atoms with Gasteiger partial charge >= 0.3 is 0 Å². The number of amides is 1. The van der Waals surface area contributed by atoms with E-state index >= 15 is 0 Å². The van der Waals surface area contributed by atoms with Crippen LogP contribution in [0.4, 0.5) is 5.69 Å². The summed E-state index contributed by atoms with van der Waals surface area (Å²) in [5.41, 5.74) is 7.27. The molecule has 90 valence electrons. The van der Waals surface area contributed by atoms with Gasteiger partial charge in [0.05, 0.1) is 6.61 Å². The van der Waals surface area contributed by atoms with Gasteiger partial charge in [-0.25, -0.2) is 4.98 Å². The number of nitrogens with one attached hydrogen (secondary N) is 1. The van der Waals surface area contributed by atoms with Gasteiger partial charge in [0.15, 0.2) is 11.5 Å². The SMILES string of the molecule is Cc1nc2ccc(NC(=O)C(N)CO)cc2o1. The Morgan fingerprint density at radius 2 is 2.41 bits per heavy atom. The molecular formula is C11H13N3O3. The number of oxazole rings is 1. The molecule has 6 heteroatoms. The van der Waals surface area contributed by atoms with Crippen LogP contribution >= 0.6 is 0 Å². The predicted molar refractivity (Wildman–Crippen MR) is 62.4 cm³/mol. The van der Waals surface area contributed by atoms with E-state index in [2.05, 4.69) is 10.3 Å². The molecule has 1 aromatic carbocycles. The first-order valence-electron chi connectivity index (χ1n) is 5.14. The molecule has 0 saturated carbocycles. The van der Waals surface area contributed by atoms with Crippen LogP contribution in [0.15, 0.2) is 22.6 Å². The summed E-state index contributed by atoms with van der Waals surface area (Å²) in [6, 6.07) is 4.18. The predicted octanol–water partition coefficient (Wildman–Crippen LogP) is 0.394. The lowest BCUT2D eigenvalue weighted by atomic mass is 10.2. The maximum atomic E-state index is 11.4. The lowest BCUT2D eigenvalue weighted by Gasteiger charge is -2.08. The average Bonchev–Trinajstić information content (AvgIpc) is 2.67. The van der Waals surface area contributed by atoms with Crippen molar-refractivity contribution in [2.24, 2.45) is 5.73 Å². The van der Waals surface area contributed by atoms with E-state index in [4.69, 9.17) is 15.3 Å². The maximum Gasteiger partial charge on any atom is 0.243 e. The van der Waals surface area contributed by atoms with Gasteiger partial charge in [-0.05, 0) is 12.1 Å². The zero-order chi connectivity index (χ0) is 12.4. The second kappa shape index (κ2) is 4.52. The minimum Gasteiger partial charge on any atom is -0.441 e. The van der Waals surface area contributed by atoms with Crippen LogP contribution in [0.25, 0.3) is 11.1 Å². The summed E-state index contributed by atoms with van der Waals surface area (Å²) in [7, 11) is 0. The third kappa shape index (κ3) is 2.43. The number of anilines is 1. The molecule has 0 spiro atoms. The Bertz CT molecular complexity index is 550. The fourth-order valence-corrected chi connectivity index (χ4v) is 1.44. The van der Waals surface area contributed by atoms with Crippen molar-refractivity contribution in [2.45, 2.75) is 13.0 Å². The number of rotatable bonds is 3. The molecule has 1 atom stereocenters. The van der Waals surface area contributed by atoms with Crippen molar-refractivity contribution in [1.29, 1.82) is 0 Å². The number of aliphatic hydroxyl groups excluding tert-OH is 1. The highest BCUT2D eigenvalue weighted by Crippen LogP contribution is 2.19. The summed E-state index contributed by atoms with van der Waals surface area (Å²) < 4.78 is 5.33. The Balaban J connectivity index is 2.22. The van der Waals surface area contributed by atoms with Crippen molar-refractivity contribution >= 4 is 22.7 Å². The van der Waals surface area contributed by atoms with Crippen LogP contribution in [0.1, 0.15) is 5.89 Å². The lowest BCUT2D eigenvalue weighted by Crippen LogP contribution is -2.38. The molecule has 0 saturated heterocycles. The molecule has 6 nitrogen and oxygen atoms in total. The van der Waals surface area contributed by atoms with E-state index in [0.29, 0.717) is 17.2 Å². The molecule has 0 aliphatic heterocycles.